The van der Waals surface area contributed by atoms with E-state index in [9.17, 15) is 9.59 Å². The number of hydrogen-bond donors (Lipinski definition) is 1. The highest BCUT2D eigenvalue weighted by atomic mass is 35.5. The fourth-order valence-electron chi connectivity index (χ4n) is 3.94. The van der Waals surface area contributed by atoms with Crippen LogP contribution in [0.2, 0.25) is 5.02 Å². The topological polar surface area (TPSA) is 104 Å². The van der Waals surface area contributed by atoms with Crippen LogP contribution in [0, 0.1) is 5.92 Å². The second-order valence-corrected chi connectivity index (χ2v) is 8.51. The van der Waals surface area contributed by atoms with Gasteiger partial charge in [0.15, 0.2) is 22.5 Å². The van der Waals surface area contributed by atoms with Crippen LogP contribution >= 0.6 is 11.6 Å². The molecule has 0 saturated heterocycles. The largest absolute Gasteiger partial charge is 0.490 e. The first kappa shape index (κ1) is 24.9. The highest BCUT2D eigenvalue weighted by Gasteiger charge is 2.35. The number of halogens is 1. The molecule has 0 spiro atoms. The van der Waals surface area contributed by atoms with Crippen molar-refractivity contribution in [2.45, 2.75) is 32.8 Å². The summed E-state index contributed by atoms with van der Waals surface area (Å²) in [5.74, 6) is 0.559. The summed E-state index contributed by atoms with van der Waals surface area (Å²) >= 11 is 6.29. The molecule has 4 rings (SSSR count). The van der Waals surface area contributed by atoms with Crippen LogP contribution in [0.4, 0.5) is 0 Å². The van der Waals surface area contributed by atoms with Crippen molar-refractivity contribution in [1.29, 1.82) is 0 Å². The van der Waals surface area contributed by atoms with Crippen LogP contribution in [-0.4, -0.2) is 43.6 Å². The lowest BCUT2D eigenvalue weighted by molar-refractivity contribution is -0.151. The van der Waals surface area contributed by atoms with Crippen LogP contribution in [0.15, 0.2) is 45.6 Å². The molecule has 1 saturated carbocycles. The van der Waals surface area contributed by atoms with Gasteiger partial charge in [0.05, 0.1) is 47.8 Å². The highest BCUT2D eigenvalue weighted by Crippen LogP contribution is 2.41. The summed E-state index contributed by atoms with van der Waals surface area (Å²) in [6, 6.07) is 9.82. The van der Waals surface area contributed by atoms with Gasteiger partial charge in [0.25, 0.3) is 0 Å². The van der Waals surface area contributed by atoms with E-state index in [0.29, 0.717) is 59.3 Å². The monoisotopic (exact) mass is 502 g/mol. The van der Waals surface area contributed by atoms with Crippen molar-refractivity contribution in [2.75, 3.05) is 26.4 Å². The smallest absolute Gasteiger partial charge is 0.306 e. The van der Waals surface area contributed by atoms with E-state index < -0.39 is 5.97 Å². The van der Waals surface area contributed by atoms with Crippen molar-refractivity contribution in [3.8, 4) is 28.6 Å². The number of para-hydroxylation sites is 1. The molecule has 2 aromatic carbocycles. The van der Waals surface area contributed by atoms with Crippen molar-refractivity contribution >= 4 is 28.5 Å². The number of benzene rings is 2. The molecule has 1 aliphatic rings. The van der Waals surface area contributed by atoms with Crippen LogP contribution < -0.4 is 19.6 Å². The van der Waals surface area contributed by atoms with Gasteiger partial charge in [-0.1, -0.05) is 17.7 Å². The summed E-state index contributed by atoms with van der Waals surface area (Å²) in [6.07, 6.45) is 0.918. The van der Waals surface area contributed by atoms with Gasteiger partial charge in [-0.15, -0.1) is 0 Å². The third-order valence-electron chi connectivity index (χ3n) is 5.76. The first-order valence-corrected chi connectivity index (χ1v) is 11.9. The number of carboxylic acids is 1. The Labute approximate surface area is 207 Å². The fourth-order valence-corrected chi connectivity index (χ4v) is 4.15. The lowest BCUT2D eigenvalue weighted by Crippen LogP contribution is -2.37. The number of carbonyl (C=O) groups is 1. The normalized spacial score (nSPS) is 17.1. The van der Waals surface area contributed by atoms with E-state index >= 15 is 0 Å². The second-order valence-electron chi connectivity index (χ2n) is 8.10. The third kappa shape index (κ3) is 5.55. The maximum Gasteiger partial charge on any atom is 0.306 e. The van der Waals surface area contributed by atoms with Crippen molar-refractivity contribution in [2.24, 2.45) is 5.92 Å². The lowest BCUT2D eigenvalue weighted by atomic mass is 9.82. The van der Waals surface area contributed by atoms with Crippen LogP contribution in [0.1, 0.15) is 26.7 Å². The van der Waals surface area contributed by atoms with Gasteiger partial charge in [0, 0.05) is 12.1 Å². The number of carboxylic acid groups (broad SMARTS) is 1. The predicted molar refractivity (Wildman–Crippen MR) is 131 cm³/mol. The van der Waals surface area contributed by atoms with Gasteiger partial charge in [-0.05, 0) is 44.9 Å². The molecular weight excluding hydrogens is 476 g/mol. The van der Waals surface area contributed by atoms with Crippen molar-refractivity contribution < 1.29 is 33.3 Å². The number of ether oxygens (including phenoxy) is 4. The minimum absolute atomic E-state index is 0.0841. The molecule has 0 aliphatic heterocycles. The van der Waals surface area contributed by atoms with E-state index in [-0.39, 0.29) is 42.0 Å². The maximum absolute atomic E-state index is 12.8. The Morgan fingerprint density at radius 2 is 1.74 bits per heavy atom. The van der Waals surface area contributed by atoms with Gasteiger partial charge >= 0.3 is 5.97 Å². The molecule has 0 bridgehead atoms. The molecule has 0 radical (unpaired) electrons. The van der Waals surface area contributed by atoms with Gasteiger partial charge in [-0.25, -0.2) is 0 Å². The fraction of sp³-hybridized carbons (Fsp3) is 0.385. The molecule has 186 valence electrons. The SMILES string of the molecule is CCOc1cc(OCCO[C@H]2C[C@@H](C(=O)O)C2)c(-c2cc(=O)c3cccc(Cl)c3o2)cc1OCC. The Balaban J connectivity index is 1.63. The van der Waals surface area contributed by atoms with Crippen molar-refractivity contribution in [3.63, 3.8) is 0 Å². The van der Waals surface area contributed by atoms with Gasteiger partial charge in [0.2, 0.25) is 0 Å². The first-order chi connectivity index (χ1) is 16.9. The summed E-state index contributed by atoms with van der Waals surface area (Å²) < 4.78 is 29.3. The van der Waals surface area contributed by atoms with E-state index in [2.05, 4.69) is 0 Å². The Bertz CT molecular complexity index is 1260. The average Bonchev–Trinajstić information content (AvgIpc) is 2.79. The zero-order valence-electron chi connectivity index (χ0n) is 19.5. The maximum atomic E-state index is 12.8. The molecule has 0 amide bonds. The zero-order chi connectivity index (χ0) is 24.9. The van der Waals surface area contributed by atoms with Crippen LogP contribution in [-0.2, 0) is 9.53 Å². The summed E-state index contributed by atoms with van der Waals surface area (Å²) in [4.78, 5) is 23.7. The molecular formula is C26H27ClO8. The summed E-state index contributed by atoms with van der Waals surface area (Å²) in [5, 5.41) is 9.71. The summed E-state index contributed by atoms with van der Waals surface area (Å²) in [6.45, 7) is 5.06. The second kappa shape index (κ2) is 11.0. The predicted octanol–water partition coefficient (Wildman–Crippen LogP) is 5.17. The number of aliphatic carboxylic acids is 1. The van der Waals surface area contributed by atoms with Crippen molar-refractivity contribution in [3.05, 3.63) is 51.6 Å². The molecule has 0 atom stereocenters. The van der Waals surface area contributed by atoms with E-state index in [1.807, 2.05) is 13.8 Å². The van der Waals surface area contributed by atoms with E-state index in [4.69, 9.17) is 40.1 Å². The number of fused-ring (bicyclic) bond motifs is 1. The molecule has 9 heteroatoms. The highest BCUT2D eigenvalue weighted by molar-refractivity contribution is 6.34. The van der Waals surface area contributed by atoms with E-state index in [1.54, 1.807) is 30.3 Å². The molecule has 0 unspecified atom stereocenters. The molecule has 1 aliphatic carbocycles. The molecule has 8 nitrogen and oxygen atoms in total. The summed E-state index contributed by atoms with van der Waals surface area (Å²) in [7, 11) is 0. The first-order valence-electron chi connectivity index (χ1n) is 11.5. The standard InChI is InChI=1S/C26H27ClO8/c1-3-31-23-12-18(22-13-20(28)17-6-5-7-19(27)25(17)35-22)21(14-24(23)32-4-2)34-9-8-33-16-10-15(11-16)26(29)30/h5-7,12-16H,3-4,8-11H2,1-2H3,(H,29,30)/t15-,16+. The minimum Gasteiger partial charge on any atom is -0.490 e. The lowest BCUT2D eigenvalue weighted by Gasteiger charge is -2.32. The quantitative estimate of drug-likeness (QED) is 0.358. The van der Waals surface area contributed by atoms with Gasteiger partial charge in [0.1, 0.15) is 18.1 Å². The molecule has 1 N–H and O–H groups in total. The van der Waals surface area contributed by atoms with E-state index in [0.717, 1.165) is 0 Å². The number of rotatable bonds is 11. The molecule has 1 heterocycles. The van der Waals surface area contributed by atoms with E-state index in [1.165, 1.54) is 6.07 Å². The zero-order valence-corrected chi connectivity index (χ0v) is 20.3. The molecule has 3 aromatic rings. The Hall–Kier alpha value is -3.23. The average molecular weight is 503 g/mol. The van der Waals surface area contributed by atoms with Crippen LogP contribution in [0.3, 0.4) is 0 Å². The molecule has 35 heavy (non-hydrogen) atoms. The number of hydrogen-bond acceptors (Lipinski definition) is 7. The Morgan fingerprint density at radius 1 is 1.03 bits per heavy atom. The minimum atomic E-state index is -0.791. The Kier molecular flexibility index (Phi) is 7.83. The third-order valence-corrected chi connectivity index (χ3v) is 6.05. The van der Waals surface area contributed by atoms with Gasteiger partial charge < -0.3 is 28.5 Å². The summed E-state index contributed by atoms with van der Waals surface area (Å²) in [5.41, 5.74) is 0.559. The van der Waals surface area contributed by atoms with Crippen LogP contribution in [0.25, 0.3) is 22.3 Å². The van der Waals surface area contributed by atoms with Crippen molar-refractivity contribution in [1.82, 2.24) is 0 Å². The van der Waals surface area contributed by atoms with Gasteiger partial charge in [-0.2, -0.15) is 0 Å². The van der Waals surface area contributed by atoms with Gasteiger partial charge in [-0.3, -0.25) is 9.59 Å². The Morgan fingerprint density at radius 3 is 2.43 bits per heavy atom. The van der Waals surface area contributed by atoms with Crippen LogP contribution in [0.5, 0.6) is 17.2 Å². The molecule has 1 fully saturated rings. The molecule has 1 aromatic heterocycles.